The van der Waals surface area contributed by atoms with E-state index in [0.29, 0.717) is 13.0 Å². The van der Waals surface area contributed by atoms with Gasteiger partial charge >= 0.3 is 0 Å². The van der Waals surface area contributed by atoms with Crippen molar-refractivity contribution in [3.05, 3.63) is 0 Å². The van der Waals surface area contributed by atoms with Crippen molar-refractivity contribution in [3.63, 3.8) is 0 Å². The monoisotopic (exact) mass is 230 g/mol. The summed E-state index contributed by atoms with van der Waals surface area (Å²) < 4.78 is 5.09. The average molecular weight is 230 g/mol. The maximum atomic E-state index is 11.7. The molecule has 4 N–H and O–H groups in total. The Morgan fingerprint density at radius 2 is 2.38 bits per heavy atom. The molecule has 3 atom stereocenters. The predicted octanol–water partition coefficient (Wildman–Crippen LogP) is -0.373. The van der Waals surface area contributed by atoms with Crippen LogP contribution in [0.5, 0.6) is 0 Å². The van der Waals surface area contributed by atoms with Crippen molar-refractivity contribution in [2.45, 2.75) is 38.3 Å². The highest BCUT2D eigenvalue weighted by atomic mass is 16.5. The molecule has 1 amide bonds. The zero-order chi connectivity index (χ0) is 12.2. The number of ether oxygens (including phenoxy) is 1. The van der Waals surface area contributed by atoms with Crippen LogP contribution in [0.25, 0.3) is 0 Å². The highest BCUT2D eigenvalue weighted by Crippen LogP contribution is 2.17. The van der Waals surface area contributed by atoms with Gasteiger partial charge < -0.3 is 20.9 Å². The average Bonchev–Trinajstić information content (AvgIpc) is 2.71. The van der Waals surface area contributed by atoms with Crippen LogP contribution in [0, 0.1) is 5.92 Å². The smallest absolute Gasteiger partial charge is 0.237 e. The molecule has 1 aliphatic heterocycles. The normalized spacial score (nSPS) is 28.8. The van der Waals surface area contributed by atoms with Crippen LogP contribution in [0.4, 0.5) is 0 Å². The van der Waals surface area contributed by atoms with Gasteiger partial charge in [0.05, 0.1) is 12.6 Å². The van der Waals surface area contributed by atoms with Gasteiger partial charge in [0.2, 0.25) is 5.91 Å². The Bertz CT molecular complexity index is 239. The second-order valence-corrected chi connectivity index (χ2v) is 4.66. The Kier molecular flexibility index (Phi) is 4.70. The predicted molar refractivity (Wildman–Crippen MR) is 60.8 cm³/mol. The molecule has 0 aromatic carbocycles. The maximum Gasteiger partial charge on any atom is 0.237 e. The van der Waals surface area contributed by atoms with E-state index >= 15 is 0 Å². The number of hydrogen-bond donors (Lipinski definition) is 3. The van der Waals surface area contributed by atoms with Gasteiger partial charge in [0.1, 0.15) is 5.60 Å². The lowest BCUT2D eigenvalue weighted by atomic mass is 9.98. The number of amides is 1. The largest absolute Gasteiger partial charge is 0.386 e. The molecule has 0 aromatic rings. The molecule has 1 heterocycles. The second-order valence-electron chi connectivity index (χ2n) is 4.66. The molecule has 0 saturated carbocycles. The number of aliphatic hydroxyl groups is 1. The van der Waals surface area contributed by atoms with E-state index in [1.165, 1.54) is 0 Å². The second kappa shape index (κ2) is 5.61. The topological polar surface area (TPSA) is 84.6 Å². The van der Waals surface area contributed by atoms with Crippen molar-refractivity contribution >= 4 is 5.91 Å². The van der Waals surface area contributed by atoms with E-state index in [4.69, 9.17) is 10.5 Å². The van der Waals surface area contributed by atoms with E-state index < -0.39 is 11.6 Å². The molecular weight excluding hydrogens is 208 g/mol. The fourth-order valence-electron chi connectivity index (χ4n) is 1.62. The van der Waals surface area contributed by atoms with Crippen LogP contribution in [-0.4, -0.2) is 42.4 Å². The summed E-state index contributed by atoms with van der Waals surface area (Å²) in [5.74, 6) is -0.0517. The van der Waals surface area contributed by atoms with E-state index in [-0.39, 0.29) is 25.0 Å². The first-order chi connectivity index (χ1) is 7.48. The third-order valence-electron chi connectivity index (χ3n) is 3.23. The van der Waals surface area contributed by atoms with Crippen molar-refractivity contribution < 1.29 is 14.6 Å². The van der Waals surface area contributed by atoms with Gasteiger partial charge in [-0.1, -0.05) is 20.3 Å². The van der Waals surface area contributed by atoms with Crippen LogP contribution in [0.3, 0.4) is 0 Å². The van der Waals surface area contributed by atoms with Crippen LogP contribution in [0.2, 0.25) is 0 Å². The number of carbonyl (C=O) groups excluding carboxylic acids is 1. The third kappa shape index (κ3) is 3.43. The number of hydrogen-bond acceptors (Lipinski definition) is 4. The highest BCUT2D eigenvalue weighted by molar-refractivity contribution is 5.81. The van der Waals surface area contributed by atoms with Crippen LogP contribution < -0.4 is 11.1 Å². The first-order valence-electron chi connectivity index (χ1n) is 5.82. The zero-order valence-corrected chi connectivity index (χ0v) is 10.0. The lowest BCUT2D eigenvalue weighted by molar-refractivity contribution is -0.124. The summed E-state index contributed by atoms with van der Waals surface area (Å²) >= 11 is 0. The summed E-state index contributed by atoms with van der Waals surface area (Å²) in [5.41, 5.74) is 4.86. The van der Waals surface area contributed by atoms with Gasteiger partial charge in [0.25, 0.3) is 0 Å². The molecule has 0 aromatic heterocycles. The number of nitrogens with one attached hydrogen (secondary N) is 1. The Hall–Kier alpha value is -0.650. The van der Waals surface area contributed by atoms with Crippen molar-refractivity contribution in [3.8, 4) is 0 Å². The van der Waals surface area contributed by atoms with E-state index in [9.17, 15) is 9.90 Å². The van der Waals surface area contributed by atoms with Gasteiger partial charge in [0.15, 0.2) is 0 Å². The van der Waals surface area contributed by atoms with Gasteiger partial charge in [0, 0.05) is 19.6 Å². The molecule has 0 aliphatic carbocycles. The molecule has 94 valence electrons. The lowest BCUT2D eigenvalue weighted by Crippen LogP contribution is -2.50. The molecule has 16 heavy (non-hydrogen) atoms. The maximum absolute atomic E-state index is 11.7. The lowest BCUT2D eigenvalue weighted by Gasteiger charge is -2.23. The van der Waals surface area contributed by atoms with Gasteiger partial charge in [-0.05, 0) is 5.92 Å². The summed E-state index contributed by atoms with van der Waals surface area (Å²) in [6.45, 7) is 4.99. The standard InChI is InChI=1S/C11H22N2O3/c1-3-8(2)9(12)10(14)13-6-11(15)4-5-16-7-11/h8-9,15H,3-7,12H2,1-2H3,(H,13,14)/t8?,9-,11?/m0/s1. The Morgan fingerprint density at radius 1 is 1.69 bits per heavy atom. The molecule has 1 rings (SSSR count). The molecular formula is C11H22N2O3. The van der Waals surface area contributed by atoms with Crippen LogP contribution in [0.1, 0.15) is 26.7 Å². The van der Waals surface area contributed by atoms with Crippen molar-refractivity contribution in [2.24, 2.45) is 11.7 Å². The van der Waals surface area contributed by atoms with Crippen molar-refractivity contribution in [1.82, 2.24) is 5.32 Å². The molecule has 1 saturated heterocycles. The van der Waals surface area contributed by atoms with Crippen LogP contribution >= 0.6 is 0 Å². The minimum Gasteiger partial charge on any atom is -0.386 e. The number of rotatable bonds is 5. The minimum absolute atomic E-state index is 0.148. The number of carbonyl (C=O) groups is 1. The van der Waals surface area contributed by atoms with Crippen molar-refractivity contribution in [1.29, 1.82) is 0 Å². The first-order valence-corrected chi connectivity index (χ1v) is 5.82. The molecule has 0 spiro atoms. The van der Waals surface area contributed by atoms with Gasteiger partial charge in [-0.15, -0.1) is 0 Å². The summed E-state index contributed by atoms with van der Waals surface area (Å²) in [6.07, 6.45) is 1.42. The van der Waals surface area contributed by atoms with Gasteiger partial charge in [-0.25, -0.2) is 0 Å². The summed E-state index contributed by atoms with van der Waals surface area (Å²) in [4.78, 5) is 11.7. The Labute approximate surface area is 96.3 Å². The van der Waals surface area contributed by atoms with Crippen molar-refractivity contribution in [2.75, 3.05) is 19.8 Å². The fourth-order valence-corrected chi connectivity index (χ4v) is 1.62. The molecule has 5 nitrogen and oxygen atoms in total. The highest BCUT2D eigenvalue weighted by Gasteiger charge is 2.33. The van der Waals surface area contributed by atoms with Gasteiger partial charge in [-0.2, -0.15) is 0 Å². The van der Waals surface area contributed by atoms with E-state index in [0.717, 1.165) is 6.42 Å². The molecule has 1 fully saturated rings. The van der Waals surface area contributed by atoms with E-state index in [2.05, 4.69) is 5.32 Å². The quantitative estimate of drug-likeness (QED) is 0.601. The fraction of sp³-hybridized carbons (Fsp3) is 0.909. The summed E-state index contributed by atoms with van der Waals surface area (Å²) in [7, 11) is 0. The van der Waals surface area contributed by atoms with E-state index in [1.54, 1.807) is 0 Å². The SMILES string of the molecule is CCC(C)[C@H](N)C(=O)NCC1(O)CCOC1. The zero-order valence-electron chi connectivity index (χ0n) is 10.0. The molecule has 5 heteroatoms. The molecule has 0 bridgehead atoms. The first kappa shape index (κ1) is 13.4. The van der Waals surface area contributed by atoms with Gasteiger partial charge in [-0.3, -0.25) is 4.79 Å². The summed E-state index contributed by atoms with van der Waals surface area (Å²) in [5, 5.41) is 12.6. The third-order valence-corrected chi connectivity index (χ3v) is 3.23. The Morgan fingerprint density at radius 3 is 2.88 bits per heavy atom. The number of nitrogens with two attached hydrogens (primary N) is 1. The molecule has 0 radical (unpaired) electrons. The molecule has 2 unspecified atom stereocenters. The Balaban J connectivity index is 2.34. The minimum atomic E-state index is -0.912. The van der Waals surface area contributed by atoms with Crippen LogP contribution in [-0.2, 0) is 9.53 Å². The molecule has 1 aliphatic rings. The van der Waals surface area contributed by atoms with Crippen LogP contribution in [0.15, 0.2) is 0 Å². The van der Waals surface area contributed by atoms with E-state index in [1.807, 2.05) is 13.8 Å². The summed E-state index contributed by atoms with van der Waals surface area (Å²) in [6, 6.07) is -0.504.